The molecular weight excluding hydrogens is 302 g/mol. The van der Waals surface area contributed by atoms with E-state index in [-0.39, 0.29) is 23.3 Å². The normalized spacial score (nSPS) is 26.8. The van der Waals surface area contributed by atoms with Crippen molar-refractivity contribution >= 4 is 5.91 Å². The molecule has 0 spiro atoms. The molecule has 0 aromatic heterocycles. The third kappa shape index (κ3) is 3.65. The molecular formula is C20H29NO3. The molecule has 0 bridgehead atoms. The number of carbonyl (C=O) groups excluding carboxylic acids is 1. The van der Waals surface area contributed by atoms with E-state index in [1.165, 1.54) is 11.1 Å². The van der Waals surface area contributed by atoms with Crippen molar-refractivity contribution in [2.45, 2.75) is 51.0 Å². The van der Waals surface area contributed by atoms with Crippen LogP contribution in [0.25, 0.3) is 0 Å². The van der Waals surface area contributed by atoms with E-state index in [0.717, 1.165) is 45.5 Å². The van der Waals surface area contributed by atoms with Crippen LogP contribution in [0.4, 0.5) is 0 Å². The molecule has 2 saturated heterocycles. The van der Waals surface area contributed by atoms with E-state index >= 15 is 0 Å². The van der Waals surface area contributed by atoms with Crippen molar-refractivity contribution in [3.8, 4) is 0 Å². The van der Waals surface area contributed by atoms with Crippen LogP contribution in [0, 0.1) is 12.8 Å². The number of amides is 1. The van der Waals surface area contributed by atoms with Crippen molar-refractivity contribution in [1.82, 2.24) is 5.32 Å². The summed E-state index contributed by atoms with van der Waals surface area (Å²) in [6, 6.07) is 8.54. The Morgan fingerprint density at radius 3 is 2.71 bits per heavy atom. The van der Waals surface area contributed by atoms with Gasteiger partial charge >= 0.3 is 0 Å². The first-order valence-electron chi connectivity index (χ1n) is 9.16. The number of aryl methyl sites for hydroxylation is 1. The van der Waals surface area contributed by atoms with Gasteiger partial charge in [0.2, 0.25) is 5.91 Å². The molecule has 4 nitrogen and oxygen atoms in total. The minimum Gasteiger partial charge on any atom is -0.381 e. The van der Waals surface area contributed by atoms with Crippen LogP contribution >= 0.6 is 0 Å². The predicted octanol–water partition coefficient (Wildman–Crippen LogP) is 2.97. The van der Waals surface area contributed by atoms with E-state index < -0.39 is 0 Å². The van der Waals surface area contributed by atoms with Crippen LogP contribution in [-0.4, -0.2) is 38.4 Å². The fraction of sp³-hybridized carbons (Fsp3) is 0.650. The molecule has 2 aliphatic heterocycles. The van der Waals surface area contributed by atoms with Gasteiger partial charge in [-0.05, 0) is 50.7 Å². The number of carbonyl (C=O) groups is 1. The first kappa shape index (κ1) is 17.4. The number of hydrogen-bond donors (Lipinski definition) is 1. The lowest BCUT2D eigenvalue weighted by molar-refractivity contribution is -0.133. The molecule has 2 heterocycles. The first-order chi connectivity index (χ1) is 11.6. The Hall–Kier alpha value is -1.39. The van der Waals surface area contributed by atoms with Crippen LogP contribution < -0.4 is 5.32 Å². The van der Waals surface area contributed by atoms with Crippen molar-refractivity contribution in [2.75, 3.05) is 26.4 Å². The lowest BCUT2D eigenvalue weighted by Gasteiger charge is -2.39. The highest BCUT2D eigenvalue weighted by Gasteiger charge is 2.37. The highest BCUT2D eigenvalue weighted by molar-refractivity contribution is 5.79. The van der Waals surface area contributed by atoms with Gasteiger partial charge in [0.15, 0.2) is 0 Å². The Morgan fingerprint density at radius 1 is 1.25 bits per heavy atom. The molecule has 1 aromatic carbocycles. The summed E-state index contributed by atoms with van der Waals surface area (Å²) in [5.74, 6) is 0.120. The van der Waals surface area contributed by atoms with Crippen molar-refractivity contribution in [3.05, 3.63) is 35.4 Å². The maximum Gasteiger partial charge on any atom is 0.225 e. The molecule has 2 aliphatic rings. The minimum atomic E-state index is -0.0208. The van der Waals surface area contributed by atoms with Crippen molar-refractivity contribution in [1.29, 1.82) is 0 Å². The Morgan fingerprint density at radius 2 is 2.00 bits per heavy atom. The van der Waals surface area contributed by atoms with Gasteiger partial charge in [0, 0.05) is 31.8 Å². The van der Waals surface area contributed by atoms with E-state index in [1.807, 2.05) is 6.92 Å². The van der Waals surface area contributed by atoms with Gasteiger partial charge < -0.3 is 14.8 Å². The Balaban J connectivity index is 1.73. The fourth-order valence-electron chi connectivity index (χ4n) is 4.13. The van der Waals surface area contributed by atoms with Crippen LogP contribution in [0.2, 0.25) is 0 Å². The Labute approximate surface area is 144 Å². The summed E-state index contributed by atoms with van der Waals surface area (Å²) in [5, 5.41) is 3.24. The Kier molecular flexibility index (Phi) is 5.57. The zero-order chi connectivity index (χ0) is 17.0. The van der Waals surface area contributed by atoms with Gasteiger partial charge in [-0.1, -0.05) is 24.3 Å². The zero-order valence-electron chi connectivity index (χ0n) is 14.8. The van der Waals surface area contributed by atoms with Crippen molar-refractivity contribution in [3.63, 3.8) is 0 Å². The van der Waals surface area contributed by atoms with E-state index in [1.54, 1.807) is 0 Å². The molecule has 1 aromatic rings. The van der Waals surface area contributed by atoms with Gasteiger partial charge in [-0.3, -0.25) is 4.79 Å². The molecule has 1 N–H and O–H groups in total. The van der Waals surface area contributed by atoms with Crippen LogP contribution in [-0.2, 0) is 19.7 Å². The second-order valence-electron chi connectivity index (χ2n) is 7.25. The average molecular weight is 331 g/mol. The van der Waals surface area contributed by atoms with Gasteiger partial charge in [-0.2, -0.15) is 0 Å². The highest BCUT2D eigenvalue weighted by atomic mass is 16.5. The maximum atomic E-state index is 12.7. The van der Waals surface area contributed by atoms with Gasteiger partial charge in [-0.15, -0.1) is 0 Å². The lowest BCUT2D eigenvalue weighted by Crippen LogP contribution is -2.48. The van der Waals surface area contributed by atoms with Gasteiger partial charge in [0.1, 0.15) is 0 Å². The van der Waals surface area contributed by atoms with Crippen LogP contribution in [0.1, 0.15) is 43.7 Å². The topological polar surface area (TPSA) is 47.6 Å². The second-order valence-corrected chi connectivity index (χ2v) is 7.25. The second kappa shape index (κ2) is 7.66. The van der Waals surface area contributed by atoms with Crippen molar-refractivity contribution in [2.24, 2.45) is 5.92 Å². The molecule has 132 valence electrons. The SMILES string of the molecule is Cc1ccccc1C1(CNC(=O)[C@H]2CCCO[C@@H]2C)CCOCC1. The number of ether oxygens (including phenoxy) is 2. The molecule has 24 heavy (non-hydrogen) atoms. The summed E-state index contributed by atoms with van der Waals surface area (Å²) in [6.45, 7) is 7.14. The quantitative estimate of drug-likeness (QED) is 0.923. The third-order valence-corrected chi connectivity index (χ3v) is 5.71. The molecule has 2 fully saturated rings. The van der Waals surface area contributed by atoms with E-state index in [0.29, 0.717) is 6.54 Å². The molecule has 3 rings (SSSR count). The van der Waals surface area contributed by atoms with E-state index in [9.17, 15) is 4.79 Å². The number of rotatable bonds is 4. The number of hydrogen-bond acceptors (Lipinski definition) is 3. The number of nitrogens with one attached hydrogen (secondary N) is 1. The van der Waals surface area contributed by atoms with E-state index in [4.69, 9.17) is 9.47 Å². The largest absolute Gasteiger partial charge is 0.381 e. The molecule has 0 saturated carbocycles. The zero-order valence-corrected chi connectivity index (χ0v) is 14.8. The third-order valence-electron chi connectivity index (χ3n) is 5.71. The van der Waals surface area contributed by atoms with Gasteiger partial charge in [0.25, 0.3) is 0 Å². The highest BCUT2D eigenvalue weighted by Crippen LogP contribution is 2.36. The summed E-state index contributed by atoms with van der Waals surface area (Å²) in [6.07, 6.45) is 3.82. The predicted molar refractivity (Wildman–Crippen MR) is 94.1 cm³/mol. The monoisotopic (exact) mass is 331 g/mol. The summed E-state index contributed by atoms with van der Waals surface area (Å²) in [4.78, 5) is 12.7. The first-order valence-corrected chi connectivity index (χ1v) is 9.16. The molecule has 1 amide bonds. The average Bonchev–Trinajstić information content (AvgIpc) is 2.61. The summed E-state index contributed by atoms with van der Waals surface area (Å²) >= 11 is 0. The molecule has 4 heteroatoms. The van der Waals surface area contributed by atoms with Crippen molar-refractivity contribution < 1.29 is 14.3 Å². The molecule has 0 aliphatic carbocycles. The van der Waals surface area contributed by atoms with Crippen LogP contribution in [0.3, 0.4) is 0 Å². The molecule has 0 unspecified atom stereocenters. The van der Waals surface area contributed by atoms with Gasteiger partial charge in [-0.25, -0.2) is 0 Å². The summed E-state index contributed by atoms with van der Waals surface area (Å²) in [5.41, 5.74) is 2.63. The van der Waals surface area contributed by atoms with Crippen LogP contribution in [0.5, 0.6) is 0 Å². The summed E-state index contributed by atoms with van der Waals surface area (Å²) < 4.78 is 11.2. The van der Waals surface area contributed by atoms with Crippen LogP contribution in [0.15, 0.2) is 24.3 Å². The lowest BCUT2D eigenvalue weighted by atomic mass is 9.72. The minimum absolute atomic E-state index is 0.0159. The van der Waals surface area contributed by atoms with E-state index in [2.05, 4.69) is 36.5 Å². The Bertz CT molecular complexity index is 566. The van der Waals surface area contributed by atoms with Gasteiger partial charge in [0.05, 0.1) is 12.0 Å². The smallest absolute Gasteiger partial charge is 0.225 e. The standard InChI is InChI=1S/C20H29NO3/c1-15-6-3-4-8-18(15)20(9-12-23-13-10-20)14-21-19(22)17-7-5-11-24-16(17)2/h3-4,6,8,16-17H,5,7,9-14H2,1-2H3,(H,21,22)/t16-,17+/m1/s1. The molecule has 2 atom stereocenters. The maximum absolute atomic E-state index is 12.7. The summed E-state index contributed by atoms with van der Waals surface area (Å²) in [7, 11) is 0. The molecule has 0 radical (unpaired) electrons. The fourth-order valence-corrected chi connectivity index (χ4v) is 4.13. The number of benzene rings is 1.